The highest BCUT2D eigenvalue weighted by molar-refractivity contribution is 8.27. The number of nitrogens with zero attached hydrogens (tertiary/aromatic N) is 2. The largest absolute Gasteiger partial charge is 0.457 e. The molecular weight excluding hydrogens is 436 g/mol. The van der Waals surface area contributed by atoms with Gasteiger partial charge in [-0.05, 0) is 31.2 Å². The van der Waals surface area contributed by atoms with Crippen LogP contribution in [0.1, 0.15) is 23.0 Å². The van der Waals surface area contributed by atoms with Crippen LogP contribution in [0.4, 0.5) is 11.4 Å². The number of hydrogen-bond donors (Lipinski definition) is 0. The number of rotatable bonds is 5. The van der Waals surface area contributed by atoms with Crippen LogP contribution in [0, 0.1) is 10.1 Å². The van der Waals surface area contributed by atoms with Gasteiger partial charge in [0.15, 0.2) is 10.1 Å². The number of benzene rings is 2. The Morgan fingerprint density at radius 2 is 1.94 bits per heavy atom. The van der Waals surface area contributed by atoms with E-state index in [4.69, 9.17) is 16.6 Å². The molecule has 0 radical (unpaired) electrons. The maximum atomic E-state index is 12.9. The highest BCUT2D eigenvalue weighted by Crippen LogP contribution is 2.37. The molecule has 0 N–H and O–H groups in total. The minimum absolute atomic E-state index is 0.0379. The molecule has 0 atom stereocenters. The van der Waals surface area contributed by atoms with Gasteiger partial charge in [-0.2, -0.15) is 0 Å². The molecule has 1 fully saturated rings. The Hall–Kier alpha value is -3.56. The molecule has 4 rings (SSSR count). The number of hydrogen-bond acceptors (Lipinski definition) is 7. The summed E-state index contributed by atoms with van der Waals surface area (Å²) in [7, 11) is 0. The lowest BCUT2D eigenvalue weighted by Gasteiger charge is -2.15. The lowest BCUT2D eigenvalue weighted by molar-refractivity contribution is -0.384. The predicted octanol–water partition coefficient (Wildman–Crippen LogP) is 5.46. The second-order valence-corrected chi connectivity index (χ2v) is 8.31. The third kappa shape index (κ3) is 4.18. The Morgan fingerprint density at radius 3 is 2.68 bits per heavy atom. The van der Waals surface area contributed by atoms with Crippen LogP contribution in [0.2, 0.25) is 0 Å². The van der Waals surface area contributed by atoms with E-state index in [1.165, 1.54) is 24.0 Å². The van der Waals surface area contributed by atoms with Crippen LogP contribution in [-0.4, -0.2) is 20.9 Å². The standard InChI is InChI=1S/C22H14N2O5S2/c1-13(25)14-4-2-6-16(10-14)23-21(26)20(31-22(23)30)12-18-8-9-19(29-18)15-5-3-7-17(11-15)24(27)28/h2-12H,1H3. The number of carbonyl (C=O) groups excluding carboxylic acids is 2. The summed E-state index contributed by atoms with van der Waals surface area (Å²) in [4.78, 5) is 36.9. The third-order valence-electron chi connectivity index (χ3n) is 4.55. The van der Waals surface area contributed by atoms with Gasteiger partial charge in [0.05, 0.1) is 15.5 Å². The average molecular weight is 450 g/mol. The molecule has 31 heavy (non-hydrogen) atoms. The summed E-state index contributed by atoms with van der Waals surface area (Å²) in [6.07, 6.45) is 1.58. The normalized spacial score (nSPS) is 15.0. The third-order valence-corrected chi connectivity index (χ3v) is 5.85. The van der Waals surface area contributed by atoms with Crippen molar-refractivity contribution in [3.63, 3.8) is 0 Å². The van der Waals surface area contributed by atoms with Crippen LogP contribution in [0.15, 0.2) is 70.0 Å². The number of Topliss-reactive ketones (excluding diaryl/α,β-unsaturated/α-hetero) is 1. The first kappa shape index (κ1) is 20.7. The van der Waals surface area contributed by atoms with Crippen molar-refractivity contribution in [1.82, 2.24) is 0 Å². The van der Waals surface area contributed by atoms with Gasteiger partial charge in [0.2, 0.25) is 0 Å². The minimum Gasteiger partial charge on any atom is -0.457 e. The highest BCUT2D eigenvalue weighted by atomic mass is 32.2. The Balaban J connectivity index is 1.61. The van der Waals surface area contributed by atoms with Crippen molar-refractivity contribution in [1.29, 1.82) is 0 Å². The summed E-state index contributed by atoms with van der Waals surface area (Å²) in [5, 5.41) is 11.0. The van der Waals surface area contributed by atoms with Crippen molar-refractivity contribution in [2.75, 3.05) is 4.90 Å². The molecule has 2 aromatic carbocycles. The Morgan fingerprint density at radius 1 is 1.16 bits per heavy atom. The first-order valence-electron chi connectivity index (χ1n) is 9.07. The highest BCUT2D eigenvalue weighted by Gasteiger charge is 2.33. The number of furan rings is 1. The van der Waals surface area contributed by atoms with Crippen LogP contribution in [0.25, 0.3) is 17.4 Å². The molecular formula is C22H14N2O5S2. The molecule has 1 saturated heterocycles. The molecule has 0 spiro atoms. The van der Waals surface area contributed by atoms with Gasteiger partial charge in [0, 0.05) is 29.3 Å². The second-order valence-electron chi connectivity index (χ2n) is 6.63. The molecule has 9 heteroatoms. The van der Waals surface area contributed by atoms with E-state index in [0.29, 0.717) is 37.6 Å². The van der Waals surface area contributed by atoms with Crippen molar-refractivity contribution in [2.24, 2.45) is 0 Å². The minimum atomic E-state index is -0.472. The van der Waals surface area contributed by atoms with E-state index in [-0.39, 0.29) is 17.4 Å². The van der Waals surface area contributed by atoms with Crippen molar-refractivity contribution in [2.45, 2.75) is 6.92 Å². The number of thioether (sulfide) groups is 1. The molecule has 7 nitrogen and oxygen atoms in total. The summed E-state index contributed by atoms with van der Waals surface area (Å²) in [6.45, 7) is 1.46. The quantitative estimate of drug-likeness (QED) is 0.167. The molecule has 154 valence electrons. The van der Waals surface area contributed by atoms with Crippen molar-refractivity contribution >= 4 is 57.4 Å². The van der Waals surface area contributed by atoms with Crippen LogP contribution >= 0.6 is 24.0 Å². The smallest absolute Gasteiger partial charge is 0.270 e. The van der Waals surface area contributed by atoms with E-state index < -0.39 is 4.92 Å². The monoisotopic (exact) mass is 450 g/mol. The summed E-state index contributed by atoms with van der Waals surface area (Å²) < 4.78 is 6.12. The maximum Gasteiger partial charge on any atom is 0.270 e. The molecule has 2 heterocycles. The molecule has 0 aliphatic carbocycles. The molecule has 0 bridgehead atoms. The van der Waals surface area contributed by atoms with Gasteiger partial charge in [-0.3, -0.25) is 24.6 Å². The van der Waals surface area contributed by atoms with Crippen molar-refractivity contribution in [3.8, 4) is 11.3 Å². The zero-order valence-electron chi connectivity index (χ0n) is 16.1. The maximum absolute atomic E-state index is 12.9. The van der Waals surface area contributed by atoms with E-state index in [1.54, 1.807) is 54.6 Å². The Bertz CT molecular complexity index is 1280. The fraction of sp³-hybridized carbons (Fsp3) is 0.0455. The number of anilines is 1. The van der Waals surface area contributed by atoms with E-state index in [9.17, 15) is 19.7 Å². The average Bonchev–Trinajstić information content (AvgIpc) is 3.32. The van der Waals surface area contributed by atoms with Crippen LogP contribution < -0.4 is 4.90 Å². The van der Waals surface area contributed by atoms with E-state index in [0.717, 1.165) is 11.8 Å². The summed E-state index contributed by atoms with van der Waals surface area (Å²) in [6, 6.07) is 16.2. The molecule has 1 aliphatic heterocycles. The van der Waals surface area contributed by atoms with Crippen LogP contribution in [0.5, 0.6) is 0 Å². The number of thiocarbonyl (C=S) groups is 1. The van der Waals surface area contributed by atoms with Crippen LogP contribution in [-0.2, 0) is 4.79 Å². The molecule has 1 amide bonds. The van der Waals surface area contributed by atoms with Gasteiger partial charge in [-0.25, -0.2) is 0 Å². The number of carbonyl (C=O) groups is 2. The number of nitro benzene ring substituents is 1. The fourth-order valence-electron chi connectivity index (χ4n) is 3.04. The summed E-state index contributed by atoms with van der Waals surface area (Å²) in [5.74, 6) is 0.440. The fourth-order valence-corrected chi connectivity index (χ4v) is 4.32. The van der Waals surface area contributed by atoms with E-state index in [2.05, 4.69) is 0 Å². The Kier molecular flexibility index (Phi) is 5.53. The van der Waals surface area contributed by atoms with E-state index >= 15 is 0 Å². The van der Waals surface area contributed by atoms with Gasteiger partial charge in [-0.1, -0.05) is 48.2 Å². The molecule has 0 unspecified atom stereocenters. The van der Waals surface area contributed by atoms with Gasteiger partial charge < -0.3 is 4.42 Å². The van der Waals surface area contributed by atoms with Crippen molar-refractivity contribution in [3.05, 3.63) is 87.0 Å². The number of ketones is 1. The summed E-state index contributed by atoms with van der Waals surface area (Å²) in [5.41, 5.74) is 1.53. The SMILES string of the molecule is CC(=O)c1cccc(N2C(=O)C(=Cc3ccc(-c4cccc([N+](=O)[O-])c4)o3)SC2=S)c1. The van der Waals surface area contributed by atoms with Gasteiger partial charge in [-0.15, -0.1) is 0 Å². The first-order valence-corrected chi connectivity index (χ1v) is 10.3. The number of nitro groups is 1. The summed E-state index contributed by atoms with van der Waals surface area (Å²) >= 11 is 6.50. The molecule has 3 aromatic rings. The Labute approximate surface area is 186 Å². The molecule has 1 aromatic heterocycles. The predicted molar refractivity (Wildman–Crippen MR) is 123 cm³/mol. The zero-order valence-corrected chi connectivity index (χ0v) is 17.7. The lowest BCUT2D eigenvalue weighted by atomic mass is 10.1. The van der Waals surface area contributed by atoms with Crippen LogP contribution in [0.3, 0.4) is 0 Å². The first-order chi connectivity index (χ1) is 14.8. The lowest BCUT2D eigenvalue weighted by Crippen LogP contribution is -2.27. The zero-order chi connectivity index (χ0) is 22.1. The topological polar surface area (TPSA) is 93.7 Å². The van der Waals surface area contributed by atoms with Gasteiger partial charge in [0.25, 0.3) is 11.6 Å². The molecule has 0 saturated carbocycles. The number of amides is 1. The van der Waals surface area contributed by atoms with Gasteiger partial charge in [0.1, 0.15) is 11.5 Å². The van der Waals surface area contributed by atoms with Crippen molar-refractivity contribution < 1.29 is 18.9 Å². The second kappa shape index (κ2) is 8.29. The van der Waals surface area contributed by atoms with E-state index in [1.807, 2.05) is 0 Å². The molecule has 1 aliphatic rings. The van der Waals surface area contributed by atoms with Gasteiger partial charge >= 0.3 is 0 Å². The number of non-ortho nitro benzene ring substituents is 1.